The number of anilines is 1. The van der Waals surface area contributed by atoms with Gasteiger partial charge >= 0.3 is 5.69 Å². The lowest BCUT2D eigenvalue weighted by Gasteiger charge is -1.98. The molecule has 0 atom stereocenters. The number of benzene rings is 1. The van der Waals surface area contributed by atoms with Crippen molar-refractivity contribution < 1.29 is 9.31 Å². The first-order valence-corrected chi connectivity index (χ1v) is 3.70. The predicted molar refractivity (Wildman–Crippen MR) is 45.2 cm³/mol. The average molecular weight is 235 g/mol. The normalized spacial score (nSPS) is 9.83. The van der Waals surface area contributed by atoms with Crippen LogP contribution in [0.3, 0.4) is 0 Å². The summed E-state index contributed by atoms with van der Waals surface area (Å²) in [7, 11) is 0. The molecule has 2 N–H and O–H groups in total. The minimum Gasteiger partial charge on any atom is -0.399 e. The van der Waals surface area contributed by atoms with Crippen LogP contribution in [0.5, 0.6) is 0 Å². The number of hydrogen-bond acceptors (Lipinski definition) is 3. The van der Waals surface area contributed by atoms with Crippen molar-refractivity contribution >= 4 is 27.3 Å². The number of nitro benzene ring substituents is 1. The number of nitrogen functional groups attached to an aromatic ring is 1. The zero-order chi connectivity index (χ0) is 9.30. The van der Waals surface area contributed by atoms with Gasteiger partial charge in [-0.25, -0.2) is 0 Å². The molecule has 0 spiro atoms. The van der Waals surface area contributed by atoms with Gasteiger partial charge in [-0.2, -0.15) is 4.39 Å². The van der Waals surface area contributed by atoms with Crippen LogP contribution >= 0.6 is 15.9 Å². The molecule has 0 aliphatic carbocycles. The van der Waals surface area contributed by atoms with Crippen LogP contribution in [-0.4, -0.2) is 4.92 Å². The molecule has 0 bridgehead atoms. The lowest BCUT2D eigenvalue weighted by Crippen LogP contribution is -1.95. The van der Waals surface area contributed by atoms with Crippen LogP contribution < -0.4 is 5.73 Å². The Morgan fingerprint density at radius 3 is 2.58 bits per heavy atom. The summed E-state index contributed by atoms with van der Waals surface area (Å²) in [5, 5.41) is 10.2. The van der Waals surface area contributed by atoms with E-state index in [9.17, 15) is 14.5 Å². The summed E-state index contributed by atoms with van der Waals surface area (Å²) in [5.41, 5.74) is 4.79. The minimum absolute atomic E-state index is 0.0463. The van der Waals surface area contributed by atoms with E-state index in [1.807, 2.05) is 0 Å². The van der Waals surface area contributed by atoms with Gasteiger partial charge in [-0.1, -0.05) is 0 Å². The molecule has 0 amide bonds. The van der Waals surface area contributed by atoms with Crippen LogP contribution in [0.2, 0.25) is 0 Å². The van der Waals surface area contributed by atoms with Gasteiger partial charge in [0.2, 0.25) is 5.82 Å². The van der Waals surface area contributed by atoms with Crippen molar-refractivity contribution in [3.05, 3.63) is 32.5 Å². The first kappa shape index (κ1) is 8.92. The van der Waals surface area contributed by atoms with Gasteiger partial charge in [-0.3, -0.25) is 10.1 Å². The summed E-state index contributed by atoms with van der Waals surface area (Å²) in [6.07, 6.45) is 0. The van der Waals surface area contributed by atoms with Crippen molar-refractivity contribution in [2.75, 3.05) is 5.73 Å². The van der Waals surface area contributed by atoms with Crippen LogP contribution in [0, 0.1) is 15.9 Å². The van der Waals surface area contributed by atoms with Gasteiger partial charge < -0.3 is 5.73 Å². The maximum atomic E-state index is 12.8. The highest BCUT2D eigenvalue weighted by Crippen LogP contribution is 2.29. The molecule has 0 aliphatic rings. The average Bonchev–Trinajstić information content (AvgIpc) is 1.82. The summed E-state index contributed by atoms with van der Waals surface area (Å²) in [6, 6.07) is 2.18. The lowest BCUT2D eigenvalue weighted by atomic mass is 10.3. The van der Waals surface area contributed by atoms with Crippen molar-refractivity contribution in [3.63, 3.8) is 0 Å². The van der Waals surface area contributed by atoms with E-state index in [1.165, 1.54) is 6.07 Å². The van der Waals surface area contributed by atoms with Gasteiger partial charge in [0.15, 0.2) is 0 Å². The molecule has 0 unspecified atom stereocenters. The Balaban J connectivity index is 3.38. The molecule has 12 heavy (non-hydrogen) atoms. The molecular formula is C6H4BrFN2O2. The third-order valence-corrected chi connectivity index (χ3v) is 1.83. The SMILES string of the molecule is Nc1cc(F)c([N+](=O)[O-])c(Br)c1. The molecule has 0 aromatic heterocycles. The Bertz CT molecular complexity index is 319. The predicted octanol–water partition coefficient (Wildman–Crippen LogP) is 2.08. The Kier molecular flexibility index (Phi) is 2.27. The van der Waals surface area contributed by atoms with Gasteiger partial charge in [0.05, 0.1) is 4.92 Å². The van der Waals surface area contributed by atoms with Crippen molar-refractivity contribution in [3.8, 4) is 0 Å². The Hall–Kier alpha value is -1.17. The molecule has 0 saturated heterocycles. The first-order valence-electron chi connectivity index (χ1n) is 2.91. The Morgan fingerprint density at radius 2 is 2.17 bits per heavy atom. The highest BCUT2D eigenvalue weighted by molar-refractivity contribution is 9.10. The van der Waals surface area contributed by atoms with Crippen LogP contribution in [0.4, 0.5) is 15.8 Å². The van der Waals surface area contributed by atoms with Gasteiger partial charge in [-0.15, -0.1) is 0 Å². The summed E-state index contributed by atoms with van der Waals surface area (Å²) >= 11 is 2.84. The summed E-state index contributed by atoms with van der Waals surface area (Å²) in [4.78, 5) is 9.44. The smallest absolute Gasteiger partial charge is 0.318 e. The molecule has 6 heteroatoms. The molecule has 0 radical (unpaired) electrons. The van der Waals surface area contributed by atoms with Gasteiger partial charge in [-0.05, 0) is 22.0 Å². The monoisotopic (exact) mass is 234 g/mol. The summed E-state index contributed by atoms with van der Waals surface area (Å²) in [5.74, 6) is -0.938. The third kappa shape index (κ3) is 1.53. The van der Waals surface area contributed by atoms with E-state index in [2.05, 4.69) is 15.9 Å². The Labute approximate surface area is 75.5 Å². The molecule has 0 saturated carbocycles. The molecule has 1 aromatic carbocycles. The number of nitrogens with zero attached hydrogens (tertiary/aromatic N) is 1. The van der Waals surface area contributed by atoms with E-state index in [0.717, 1.165) is 6.07 Å². The van der Waals surface area contributed by atoms with E-state index in [1.54, 1.807) is 0 Å². The maximum Gasteiger partial charge on any atom is 0.318 e. The highest BCUT2D eigenvalue weighted by Gasteiger charge is 2.18. The molecule has 0 aliphatic heterocycles. The van der Waals surface area contributed by atoms with Crippen molar-refractivity contribution in [2.24, 2.45) is 0 Å². The molecule has 64 valence electrons. The third-order valence-electron chi connectivity index (χ3n) is 1.22. The summed E-state index contributed by atoms with van der Waals surface area (Å²) < 4.78 is 12.9. The quantitative estimate of drug-likeness (QED) is 0.460. The van der Waals surface area contributed by atoms with E-state index in [4.69, 9.17) is 5.73 Å². The largest absolute Gasteiger partial charge is 0.399 e. The fourth-order valence-corrected chi connectivity index (χ4v) is 1.36. The van der Waals surface area contributed by atoms with Crippen LogP contribution in [-0.2, 0) is 0 Å². The first-order chi connectivity index (χ1) is 5.52. The number of hydrogen-bond donors (Lipinski definition) is 1. The molecule has 1 rings (SSSR count). The lowest BCUT2D eigenvalue weighted by molar-refractivity contribution is -0.388. The van der Waals surface area contributed by atoms with E-state index >= 15 is 0 Å². The van der Waals surface area contributed by atoms with E-state index in [0.29, 0.717) is 0 Å². The fraction of sp³-hybridized carbons (Fsp3) is 0. The standard InChI is InChI=1S/C6H4BrFN2O2/c7-4-1-3(9)2-5(8)6(4)10(11)12/h1-2H,9H2. The maximum absolute atomic E-state index is 12.8. The fourth-order valence-electron chi connectivity index (χ4n) is 0.760. The van der Waals surface area contributed by atoms with Crippen molar-refractivity contribution in [1.29, 1.82) is 0 Å². The van der Waals surface area contributed by atoms with Gasteiger partial charge in [0, 0.05) is 11.8 Å². The second-order valence-electron chi connectivity index (χ2n) is 2.09. The van der Waals surface area contributed by atoms with Gasteiger partial charge in [0.1, 0.15) is 4.47 Å². The molecule has 4 nitrogen and oxygen atoms in total. The zero-order valence-electron chi connectivity index (χ0n) is 5.75. The Morgan fingerprint density at radius 1 is 1.58 bits per heavy atom. The number of nitrogens with two attached hydrogens (primary N) is 1. The minimum atomic E-state index is -0.938. The van der Waals surface area contributed by atoms with Crippen molar-refractivity contribution in [2.45, 2.75) is 0 Å². The second-order valence-corrected chi connectivity index (χ2v) is 2.94. The molecule has 0 heterocycles. The number of halogens is 2. The van der Waals surface area contributed by atoms with Crippen LogP contribution in [0.1, 0.15) is 0 Å². The van der Waals surface area contributed by atoms with Crippen LogP contribution in [0.25, 0.3) is 0 Å². The second kappa shape index (κ2) is 3.06. The number of nitro groups is 1. The zero-order valence-corrected chi connectivity index (χ0v) is 7.34. The van der Waals surface area contributed by atoms with E-state index < -0.39 is 16.4 Å². The summed E-state index contributed by atoms with van der Waals surface area (Å²) in [6.45, 7) is 0. The highest BCUT2D eigenvalue weighted by atomic mass is 79.9. The molecule has 1 aromatic rings. The van der Waals surface area contributed by atoms with Crippen molar-refractivity contribution in [1.82, 2.24) is 0 Å². The van der Waals surface area contributed by atoms with Crippen LogP contribution in [0.15, 0.2) is 16.6 Å². The van der Waals surface area contributed by atoms with Gasteiger partial charge in [0.25, 0.3) is 0 Å². The molecule has 0 fully saturated rings. The van der Waals surface area contributed by atoms with E-state index in [-0.39, 0.29) is 10.2 Å². The topological polar surface area (TPSA) is 69.2 Å². The molecular weight excluding hydrogens is 231 g/mol. The number of rotatable bonds is 1.